The van der Waals surface area contributed by atoms with Crippen molar-refractivity contribution >= 4 is 17.1 Å². The molecular formula is C19H17N3O2. The van der Waals surface area contributed by atoms with Crippen LogP contribution < -0.4 is 16.0 Å². The lowest BCUT2D eigenvalue weighted by molar-refractivity contribution is 0.487. The van der Waals surface area contributed by atoms with Crippen LogP contribution in [0.4, 0.5) is 11.4 Å². The highest BCUT2D eigenvalue weighted by Gasteiger charge is 2.27. The molecule has 0 unspecified atom stereocenters. The topological polar surface area (TPSA) is 50.4 Å². The zero-order valence-corrected chi connectivity index (χ0v) is 13.3. The largest absolute Gasteiger partial charge is 0.467 e. The normalized spacial score (nSPS) is 13.0. The van der Waals surface area contributed by atoms with Gasteiger partial charge in [0, 0.05) is 17.3 Å². The number of rotatable bonds is 3. The Balaban J connectivity index is 1.77. The Kier molecular flexibility index (Phi) is 3.27. The van der Waals surface area contributed by atoms with Crippen molar-refractivity contribution in [1.29, 1.82) is 0 Å². The monoisotopic (exact) mass is 319 g/mol. The molecule has 3 heterocycles. The molecule has 0 radical (unpaired) electrons. The highest BCUT2D eigenvalue weighted by Crippen LogP contribution is 2.37. The molecule has 1 aliphatic heterocycles. The molecule has 0 fully saturated rings. The zero-order chi connectivity index (χ0) is 16.7. The second kappa shape index (κ2) is 5.45. The van der Waals surface area contributed by atoms with Gasteiger partial charge in [-0.05, 0) is 31.2 Å². The minimum atomic E-state index is -0.0714. The summed E-state index contributed by atoms with van der Waals surface area (Å²) in [6, 6.07) is 15.2. The first kappa shape index (κ1) is 14.4. The van der Waals surface area contributed by atoms with Crippen LogP contribution in [0.1, 0.15) is 17.0 Å². The molecular weight excluding hydrogens is 302 g/mol. The van der Waals surface area contributed by atoms with E-state index in [1.807, 2.05) is 54.4 Å². The predicted molar refractivity (Wildman–Crippen MR) is 94.8 cm³/mol. The first-order chi connectivity index (χ1) is 11.6. The fourth-order valence-corrected chi connectivity index (χ4v) is 3.07. The van der Waals surface area contributed by atoms with Crippen LogP contribution in [0, 0.1) is 6.92 Å². The van der Waals surface area contributed by atoms with Gasteiger partial charge < -0.3 is 8.98 Å². The van der Waals surface area contributed by atoms with Crippen molar-refractivity contribution < 1.29 is 4.42 Å². The number of hydrogen-bond acceptors (Lipinski definition) is 4. The third kappa shape index (κ3) is 2.22. The van der Waals surface area contributed by atoms with Gasteiger partial charge in [0.15, 0.2) is 0 Å². The third-order valence-corrected chi connectivity index (χ3v) is 4.27. The Morgan fingerprint density at radius 1 is 1.17 bits per heavy atom. The SMILES string of the molecule is C=C1c2c(cc(=O)n(Cc3ccco3)c2C)NN1c1ccccc1. The number of hydrogen-bond donors (Lipinski definition) is 1. The number of hydrazine groups is 1. The van der Waals surface area contributed by atoms with Gasteiger partial charge >= 0.3 is 0 Å². The van der Waals surface area contributed by atoms with Crippen LogP contribution in [0.25, 0.3) is 5.70 Å². The number of benzene rings is 1. The number of fused-ring (bicyclic) bond motifs is 1. The van der Waals surface area contributed by atoms with E-state index in [1.165, 1.54) is 0 Å². The van der Waals surface area contributed by atoms with Gasteiger partial charge in [0.1, 0.15) is 5.76 Å². The van der Waals surface area contributed by atoms with E-state index in [1.54, 1.807) is 16.9 Å². The van der Waals surface area contributed by atoms with Gasteiger partial charge in [0.05, 0.1) is 29.9 Å². The van der Waals surface area contributed by atoms with Crippen LogP contribution in [-0.4, -0.2) is 4.57 Å². The van der Waals surface area contributed by atoms with Crippen molar-refractivity contribution in [2.45, 2.75) is 13.5 Å². The van der Waals surface area contributed by atoms with Crippen LogP contribution in [0.15, 0.2) is 70.6 Å². The average molecular weight is 319 g/mol. The third-order valence-electron chi connectivity index (χ3n) is 4.27. The molecule has 1 N–H and O–H groups in total. The quantitative estimate of drug-likeness (QED) is 0.801. The van der Waals surface area contributed by atoms with Crippen LogP contribution in [0.2, 0.25) is 0 Å². The Labute approximate surface area is 139 Å². The molecule has 0 amide bonds. The second-order valence-electron chi connectivity index (χ2n) is 5.75. The zero-order valence-electron chi connectivity index (χ0n) is 13.3. The summed E-state index contributed by atoms with van der Waals surface area (Å²) in [5.74, 6) is 0.747. The number of pyridine rings is 1. The molecule has 0 aliphatic carbocycles. The molecule has 0 bridgehead atoms. The first-order valence-corrected chi connectivity index (χ1v) is 7.73. The Hall–Kier alpha value is -3.21. The fourth-order valence-electron chi connectivity index (χ4n) is 3.07. The fraction of sp³-hybridized carbons (Fsp3) is 0.105. The molecule has 24 heavy (non-hydrogen) atoms. The highest BCUT2D eigenvalue weighted by atomic mass is 16.3. The highest BCUT2D eigenvalue weighted by molar-refractivity contribution is 5.92. The van der Waals surface area contributed by atoms with E-state index in [0.717, 1.165) is 34.1 Å². The van der Waals surface area contributed by atoms with Crippen molar-refractivity contribution in [2.24, 2.45) is 0 Å². The summed E-state index contributed by atoms with van der Waals surface area (Å²) in [5, 5.41) is 1.90. The number of nitrogens with zero attached hydrogens (tertiary/aromatic N) is 2. The van der Waals surface area contributed by atoms with Gasteiger partial charge in [-0.2, -0.15) is 0 Å². The van der Waals surface area contributed by atoms with Crippen molar-refractivity contribution in [2.75, 3.05) is 10.4 Å². The molecule has 2 aromatic heterocycles. The standard InChI is InChI=1S/C19H17N3O2/c1-13-19-14(2)22(15-7-4-3-5-8-15)20-17(19)11-18(23)21(13)12-16-9-6-10-24-16/h3-11,20H,2,12H2,1H3. The predicted octanol–water partition coefficient (Wildman–Crippen LogP) is 3.62. The lowest BCUT2D eigenvalue weighted by atomic mass is 10.1. The Morgan fingerprint density at radius 3 is 2.67 bits per heavy atom. The minimum Gasteiger partial charge on any atom is -0.467 e. The molecule has 0 atom stereocenters. The van der Waals surface area contributed by atoms with E-state index in [-0.39, 0.29) is 5.56 Å². The summed E-state index contributed by atoms with van der Waals surface area (Å²) >= 11 is 0. The number of aromatic nitrogens is 1. The van der Waals surface area contributed by atoms with Crippen molar-refractivity contribution in [1.82, 2.24) is 4.57 Å². The number of para-hydroxylation sites is 1. The lowest BCUT2D eigenvalue weighted by Gasteiger charge is -2.19. The van der Waals surface area contributed by atoms with E-state index in [0.29, 0.717) is 6.54 Å². The van der Waals surface area contributed by atoms with Gasteiger partial charge in [-0.3, -0.25) is 15.2 Å². The van der Waals surface area contributed by atoms with Gasteiger partial charge in [0.25, 0.3) is 5.56 Å². The Bertz CT molecular complexity index is 956. The molecule has 3 aromatic rings. The van der Waals surface area contributed by atoms with Crippen molar-refractivity contribution in [3.05, 3.63) is 88.7 Å². The first-order valence-electron chi connectivity index (χ1n) is 7.73. The maximum Gasteiger partial charge on any atom is 0.253 e. The van der Waals surface area contributed by atoms with E-state index < -0.39 is 0 Å². The molecule has 120 valence electrons. The average Bonchev–Trinajstić information content (AvgIpc) is 3.20. The summed E-state index contributed by atoms with van der Waals surface area (Å²) in [5.41, 5.74) is 7.58. The summed E-state index contributed by atoms with van der Waals surface area (Å²) in [6.07, 6.45) is 1.61. The number of furan rings is 1. The summed E-state index contributed by atoms with van der Waals surface area (Å²) < 4.78 is 7.08. The van der Waals surface area contributed by atoms with Crippen LogP contribution >= 0.6 is 0 Å². The molecule has 1 aromatic carbocycles. The second-order valence-corrected chi connectivity index (χ2v) is 5.75. The van der Waals surface area contributed by atoms with Gasteiger partial charge in [-0.15, -0.1) is 0 Å². The summed E-state index contributed by atoms with van der Waals surface area (Å²) in [4.78, 5) is 12.5. The molecule has 1 aliphatic rings. The van der Waals surface area contributed by atoms with Crippen LogP contribution in [0.5, 0.6) is 0 Å². The molecule has 0 saturated heterocycles. The van der Waals surface area contributed by atoms with E-state index >= 15 is 0 Å². The smallest absolute Gasteiger partial charge is 0.253 e. The minimum absolute atomic E-state index is 0.0714. The molecule has 5 heteroatoms. The van der Waals surface area contributed by atoms with Gasteiger partial charge in [-0.1, -0.05) is 24.8 Å². The van der Waals surface area contributed by atoms with E-state index in [2.05, 4.69) is 12.0 Å². The number of anilines is 2. The van der Waals surface area contributed by atoms with Crippen molar-refractivity contribution in [3.63, 3.8) is 0 Å². The van der Waals surface area contributed by atoms with Crippen molar-refractivity contribution in [3.8, 4) is 0 Å². The molecule has 0 spiro atoms. The number of nitrogens with one attached hydrogen (secondary N) is 1. The van der Waals surface area contributed by atoms with Gasteiger partial charge in [0.2, 0.25) is 0 Å². The molecule has 0 saturated carbocycles. The van der Waals surface area contributed by atoms with E-state index in [9.17, 15) is 4.79 Å². The summed E-state index contributed by atoms with van der Waals surface area (Å²) in [6.45, 7) is 6.55. The van der Waals surface area contributed by atoms with Crippen LogP contribution in [-0.2, 0) is 6.54 Å². The van der Waals surface area contributed by atoms with Gasteiger partial charge in [-0.25, -0.2) is 0 Å². The maximum atomic E-state index is 12.5. The molecule has 4 rings (SSSR count). The summed E-state index contributed by atoms with van der Waals surface area (Å²) in [7, 11) is 0. The maximum absolute atomic E-state index is 12.5. The van der Waals surface area contributed by atoms with Crippen LogP contribution in [0.3, 0.4) is 0 Å². The lowest BCUT2D eigenvalue weighted by Crippen LogP contribution is -2.23. The van der Waals surface area contributed by atoms with E-state index in [4.69, 9.17) is 4.42 Å². The molecule has 5 nitrogen and oxygen atoms in total. The Morgan fingerprint density at radius 2 is 1.96 bits per heavy atom.